The molecule has 3 rings (SSSR count). The molecule has 0 N–H and O–H groups in total. The third-order valence-electron chi connectivity index (χ3n) is 4.01. The van der Waals surface area contributed by atoms with Crippen molar-refractivity contribution in [3.8, 4) is 0 Å². The van der Waals surface area contributed by atoms with Gasteiger partial charge in [-0.3, -0.25) is 4.98 Å². The van der Waals surface area contributed by atoms with E-state index in [1.54, 1.807) is 12.3 Å². The third kappa shape index (κ3) is 3.59. The molecule has 2 heterocycles. The van der Waals surface area contributed by atoms with Crippen molar-refractivity contribution in [1.29, 1.82) is 0 Å². The van der Waals surface area contributed by atoms with Gasteiger partial charge in [-0.2, -0.15) is 0 Å². The second-order valence-electron chi connectivity index (χ2n) is 5.54. The number of hydrogen-bond donors (Lipinski definition) is 0. The van der Waals surface area contributed by atoms with E-state index in [0.717, 1.165) is 24.7 Å². The highest BCUT2D eigenvalue weighted by molar-refractivity contribution is 5.92. The number of aromatic nitrogens is 1. The molecular weight excluding hydrogens is 302 g/mol. The van der Waals surface area contributed by atoms with Crippen molar-refractivity contribution in [2.45, 2.75) is 19.4 Å². The van der Waals surface area contributed by atoms with E-state index in [4.69, 9.17) is 9.47 Å². The van der Waals surface area contributed by atoms with Gasteiger partial charge in [0.05, 0.1) is 19.3 Å². The first-order valence-electron chi connectivity index (χ1n) is 7.87. The van der Waals surface area contributed by atoms with Crippen molar-refractivity contribution in [2.75, 3.05) is 37.8 Å². The molecule has 1 fully saturated rings. The van der Waals surface area contributed by atoms with Gasteiger partial charge in [-0.1, -0.05) is 0 Å². The fraction of sp³-hybridized carbons (Fsp3) is 0.471. The molecule has 6 heteroatoms. The van der Waals surface area contributed by atoms with Crippen LogP contribution >= 0.6 is 0 Å². The second kappa shape index (κ2) is 7.19. The molecule has 1 aromatic carbocycles. The van der Waals surface area contributed by atoms with Crippen LogP contribution in [-0.4, -0.2) is 44.0 Å². The molecule has 4 nitrogen and oxygen atoms in total. The Morgan fingerprint density at radius 2 is 2.17 bits per heavy atom. The molecule has 1 aliphatic heterocycles. The zero-order valence-electron chi connectivity index (χ0n) is 13.1. The summed E-state index contributed by atoms with van der Waals surface area (Å²) in [4.78, 5) is 6.12. The number of anilines is 1. The van der Waals surface area contributed by atoms with Crippen LogP contribution in [0.1, 0.15) is 13.3 Å². The highest BCUT2D eigenvalue weighted by Gasteiger charge is 2.25. The average molecular weight is 322 g/mol. The van der Waals surface area contributed by atoms with Crippen LogP contribution in [0.15, 0.2) is 24.4 Å². The van der Waals surface area contributed by atoms with Crippen LogP contribution in [0.3, 0.4) is 0 Å². The SMILES string of the molecule is CCOCCO[C@@H]1CCN(c2ccnc3c(F)cc(F)cc23)C1. The van der Waals surface area contributed by atoms with Gasteiger partial charge < -0.3 is 14.4 Å². The number of fused-ring (bicyclic) bond motifs is 1. The lowest BCUT2D eigenvalue weighted by molar-refractivity contribution is 0.0169. The van der Waals surface area contributed by atoms with Gasteiger partial charge in [0.1, 0.15) is 11.3 Å². The highest BCUT2D eigenvalue weighted by atomic mass is 19.1. The molecule has 0 amide bonds. The Balaban J connectivity index is 1.74. The summed E-state index contributed by atoms with van der Waals surface area (Å²) in [5, 5.41) is 0.500. The van der Waals surface area contributed by atoms with Crippen molar-refractivity contribution in [1.82, 2.24) is 4.98 Å². The van der Waals surface area contributed by atoms with Crippen LogP contribution in [0.2, 0.25) is 0 Å². The summed E-state index contributed by atoms with van der Waals surface area (Å²) in [5.41, 5.74) is 0.994. The average Bonchev–Trinajstić information content (AvgIpc) is 3.00. The Hall–Kier alpha value is -1.79. The Morgan fingerprint density at radius 3 is 3.00 bits per heavy atom. The van der Waals surface area contributed by atoms with E-state index in [1.165, 1.54) is 6.07 Å². The predicted molar refractivity (Wildman–Crippen MR) is 84.7 cm³/mol. The molecule has 0 unspecified atom stereocenters. The number of halogens is 2. The summed E-state index contributed by atoms with van der Waals surface area (Å²) < 4.78 is 38.5. The minimum atomic E-state index is -0.634. The fourth-order valence-electron chi connectivity index (χ4n) is 2.94. The van der Waals surface area contributed by atoms with Crippen LogP contribution in [0.25, 0.3) is 10.9 Å². The Kier molecular flexibility index (Phi) is 5.03. The van der Waals surface area contributed by atoms with Gasteiger partial charge in [-0.25, -0.2) is 8.78 Å². The van der Waals surface area contributed by atoms with E-state index >= 15 is 0 Å². The van der Waals surface area contributed by atoms with Gasteiger partial charge in [-0.05, 0) is 25.5 Å². The third-order valence-corrected chi connectivity index (χ3v) is 4.01. The van der Waals surface area contributed by atoms with Crippen LogP contribution in [0.4, 0.5) is 14.5 Å². The minimum Gasteiger partial charge on any atom is -0.379 e. The lowest BCUT2D eigenvalue weighted by Gasteiger charge is -2.20. The molecule has 0 bridgehead atoms. The zero-order valence-corrected chi connectivity index (χ0v) is 13.1. The normalized spacial score (nSPS) is 18.0. The summed E-state index contributed by atoms with van der Waals surface area (Å²) in [7, 11) is 0. The molecule has 1 aliphatic rings. The zero-order chi connectivity index (χ0) is 16.2. The molecule has 0 radical (unpaired) electrons. The molecule has 0 saturated carbocycles. The van der Waals surface area contributed by atoms with Crippen LogP contribution in [0.5, 0.6) is 0 Å². The lowest BCUT2D eigenvalue weighted by atomic mass is 10.1. The van der Waals surface area contributed by atoms with Gasteiger partial charge in [0, 0.05) is 43.0 Å². The van der Waals surface area contributed by atoms with Crippen molar-refractivity contribution in [2.24, 2.45) is 0 Å². The first kappa shape index (κ1) is 16.1. The van der Waals surface area contributed by atoms with E-state index < -0.39 is 11.6 Å². The largest absolute Gasteiger partial charge is 0.379 e. The maximum atomic E-state index is 13.9. The lowest BCUT2D eigenvalue weighted by Crippen LogP contribution is -2.24. The molecule has 23 heavy (non-hydrogen) atoms. The van der Waals surface area contributed by atoms with Crippen LogP contribution in [0, 0.1) is 11.6 Å². The van der Waals surface area contributed by atoms with E-state index in [9.17, 15) is 8.78 Å². The highest BCUT2D eigenvalue weighted by Crippen LogP contribution is 2.30. The maximum Gasteiger partial charge on any atom is 0.152 e. The Labute approximate surface area is 134 Å². The molecule has 0 spiro atoms. The monoisotopic (exact) mass is 322 g/mol. The number of pyridine rings is 1. The van der Waals surface area contributed by atoms with Crippen molar-refractivity contribution in [3.63, 3.8) is 0 Å². The van der Waals surface area contributed by atoms with Crippen molar-refractivity contribution >= 4 is 16.6 Å². The fourth-order valence-corrected chi connectivity index (χ4v) is 2.94. The van der Waals surface area contributed by atoms with Crippen molar-refractivity contribution in [3.05, 3.63) is 36.0 Å². The van der Waals surface area contributed by atoms with Crippen LogP contribution < -0.4 is 4.90 Å². The second-order valence-corrected chi connectivity index (χ2v) is 5.54. The smallest absolute Gasteiger partial charge is 0.152 e. The first-order chi connectivity index (χ1) is 11.2. The number of hydrogen-bond acceptors (Lipinski definition) is 4. The molecule has 2 aromatic rings. The van der Waals surface area contributed by atoms with Gasteiger partial charge in [0.15, 0.2) is 5.82 Å². The summed E-state index contributed by atoms with van der Waals surface area (Å²) in [6.45, 7) is 5.26. The van der Waals surface area contributed by atoms with Gasteiger partial charge in [-0.15, -0.1) is 0 Å². The van der Waals surface area contributed by atoms with Gasteiger partial charge in [0.25, 0.3) is 0 Å². The summed E-state index contributed by atoms with van der Waals surface area (Å²) in [6, 6.07) is 4.00. The summed E-state index contributed by atoms with van der Waals surface area (Å²) in [6.07, 6.45) is 2.55. The Morgan fingerprint density at radius 1 is 1.30 bits per heavy atom. The van der Waals surface area contributed by atoms with E-state index in [2.05, 4.69) is 9.88 Å². The first-order valence-corrected chi connectivity index (χ1v) is 7.87. The topological polar surface area (TPSA) is 34.6 Å². The predicted octanol–water partition coefficient (Wildman–Crippen LogP) is 3.14. The summed E-state index contributed by atoms with van der Waals surface area (Å²) in [5.74, 6) is -1.22. The standard InChI is InChI=1S/C17H20F2N2O2/c1-2-22-7-8-23-13-4-6-21(11-13)16-3-5-20-17-14(16)9-12(18)10-15(17)19/h3,5,9-10,13H,2,4,6-8,11H2,1H3/t13-/m1/s1. The molecule has 1 atom stereocenters. The van der Waals surface area contributed by atoms with E-state index in [0.29, 0.717) is 31.8 Å². The number of nitrogens with zero attached hydrogens (tertiary/aromatic N) is 2. The van der Waals surface area contributed by atoms with Crippen molar-refractivity contribution < 1.29 is 18.3 Å². The molecule has 0 aliphatic carbocycles. The summed E-state index contributed by atoms with van der Waals surface area (Å²) >= 11 is 0. The number of benzene rings is 1. The Bertz CT molecular complexity index is 681. The minimum absolute atomic E-state index is 0.108. The van der Waals surface area contributed by atoms with E-state index in [1.807, 2.05) is 6.92 Å². The molecule has 1 aromatic heterocycles. The molecule has 1 saturated heterocycles. The number of rotatable bonds is 6. The van der Waals surface area contributed by atoms with Gasteiger partial charge in [0.2, 0.25) is 0 Å². The van der Waals surface area contributed by atoms with Crippen LogP contribution in [-0.2, 0) is 9.47 Å². The molecule has 124 valence electrons. The number of ether oxygens (including phenoxy) is 2. The quantitative estimate of drug-likeness (QED) is 0.765. The van der Waals surface area contributed by atoms with E-state index in [-0.39, 0.29) is 11.6 Å². The maximum absolute atomic E-state index is 13.9. The molecular formula is C17H20F2N2O2. The van der Waals surface area contributed by atoms with Gasteiger partial charge >= 0.3 is 0 Å².